The van der Waals surface area contributed by atoms with Crippen LogP contribution in [0.25, 0.3) is 0 Å². The highest BCUT2D eigenvalue weighted by molar-refractivity contribution is 6.07. The highest BCUT2D eigenvalue weighted by Gasteiger charge is 2.52. The van der Waals surface area contributed by atoms with Gasteiger partial charge in [-0.15, -0.1) is 0 Å². The van der Waals surface area contributed by atoms with Gasteiger partial charge >= 0.3 is 6.03 Å². The molecule has 152 valence electrons. The standard InChI is InChI=1S/C22H32N4O2/c1-17-7-6-10-19(15-17)25-13-11-24(12-14-25)16-26-20(27)22(2,23-21(26)28)18-8-4-3-5-9-18/h6-7,10,15,18H,3-5,8-9,11-14,16H2,1-2H3,(H,23,28)/t22-/m1/s1. The van der Waals surface area contributed by atoms with Crippen LogP contribution in [0.1, 0.15) is 44.6 Å². The molecular formula is C22H32N4O2. The number of imide groups is 1. The van der Waals surface area contributed by atoms with Crippen LogP contribution in [0.4, 0.5) is 10.5 Å². The first-order valence-corrected chi connectivity index (χ1v) is 10.7. The van der Waals surface area contributed by atoms with Gasteiger partial charge in [-0.3, -0.25) is 9.69 Å². The van der Waals surface area contributed by atoms with E-state index < -0.39 is 5.54 Å². The number of nitrogens with zero attached hydrogens (tertiary/aromatic N) is 3. The molecule has 1 aliphatic carbocycles. The van der Waals surface area contributed by atoms with Crippen molar-refractivity contribution < 1.29 is 9.59 Å². The molecule has 0 unspecified atom stereocenters. The number of anilines is 1. The van der Waals surface area contributed by atoms with Gasteiger partial charge in [-0.2, -0.15) is 0 Å². The van der Waals surface area contributed by atoms with Crippen LogP contribution >= 0.6 is 0 Å². The molecule has 1 saturated carbocycles. The van der Waals surface area contributed by atoms with Crippen molar-refractivity contribution in [3.63, 3.8) is 0 Å². The van der Waals surface area contributed by atoms with Gasteiger partial charge in [-0.25, -0.2) is 9.69 Å². The minimum absolute atomic E-state index is 0.0366. The lowest BCUT2D eigenvalue weighted by Gasteiger charge is -2.38. The molecule has 2 heterocycles. The minimum atomic E-state index is -0.721. The van der Waals surface area contributed by atoms with E-state index in [9.17, 15) is 9.59 Å². The lowest BCUT2D eigenvalue weighted by atomic mass is 9.75. The molecule has 1 atom stereocenters. The fraction of sp³-hybridized carbons (Fsp3) is 0.636. The van der Waals surface area contributed by atoms with E-state index in [1.54, 1.807) is 0 Å². The monoisotopic (exact) mass is 384 g/mol. The van der Waals surface area contributed by atoms with E-state index >= 15 is 0 Å². The van der Waals surface area contributed by atoms with Gasteiger partial charge in [0, 0.05) is 31.9 Å². The Bertz CT molecular complexity index is 738. The molecule has 0 aromatic heterocycles. The van der Waals surface area contributed by atoms with Crippen molar-refractivity contribution in [3.8, 4) is 0 Å². The zero-order chi connectivity index (χ0) is 19.7. The maximum atomic E-state index is 13.1. The van der Waals surface area contributed by atoms with Gasteiger partial charge < -0.3 is 10.2 Å². The van der Waals surface area contributed by atoms with E-state index in [1.807, 2.05) is 6.92 Å². The highest BCUT2D eigenvalue weighted by Crippen LogP contribution is 2.36. The van der Waals surface area contributed by atoms with E-state index in [0.717, 1.165) is 51.9 Å². The molecule has 3 amide bonds. The number of amides is 3. The van der Waals surface area contributed by atoms with Gasteiger partial charge in [-0.05, 0) is 50.3 Å². The fourth-order valence-corrected chi connectivity index (χ4v) is 4.97. The highest BCUT2D eigenvalue weighted by atomic mass is 16.2. The average Bonchev–Trinajstić information content (AvgIpc) is 2.93. The molecular weight excluding hydrogens is 352 g/mol. The Morgan fingerprint density at radius 1 is 1.07 bits per heavy atom. The SMILES string of the molecule is Cc1cccc(N2CCN(CN3C(=O)N[C@](C)(C4CCCCC4)C3=O)CC2)c1. The van der Waals surface area contributed by atoms with Crippen LogP contribution in [0.5, 0.6) is 0 Å². The number of hydrogen-bond donors (Lipinski definition) is 1. The van der Waals surface area contributed by atoms with Crippen LogP contribution in [-0.2, 0) is 4.79 Å². The Kier molecular flexibility index (Phi) is 5.32. The fourth-order valence-electron chi connectivity index (χ4n) is 4.97. The molecule has 2 saturated heterocycles. The summed E-state index contributed by atoms with van der Waals surface area (Å²) in [5, 5.41) is 3.03. The summed E-state index contributed by atoms with van der Waals surface area (Å²) in [5.74, 6) is 0.228. The molecule has 3 aliphatic rings. The van der Waals surface area contributed by atoms with E-state index in [0.29, 0.717) is 6.67 Å². The maximum Gasteiger partial charge on any atom is 0.326 e. The number of benzene rings is 1. The summed E-state index contributed by atoms with van der Waals surface area (Å²) in [6.45, 7) is 7.96. The van der Waals surface area contributed by atoms with E-state index in [-0.39, 0.29) is 17.9 Å². The lowest BCUT2D eigenvalue weighted by molar-refractivity contribution is -0.134. The van der Waals surface area contributed by atoms with Crippen molar-refractivity contribution in [2.45, 2.75) is 51.5 Å². The Morgan fingerprint density at radius 2 is 1.79 bits per heavy atom. The Balaban J connectivity index is 1.36. The van der Waals surface area contributed by atoms with Crippen LogP contribution in [-0.4, -0.2) is 60.1 Å². The normalized spacial score (nSPS) is 27.4. The summed E-state index contributed by atoms with van der Waals surface area (Å²) < 4.78 is 0. The van der Waals surface area contributed by atoms with Gasteiger partial charge in [0.2, 0.25) is 0 Å². The van der Waals surface area contributed by atoms with Crippen LogP contribution in [0.3, 0.4) is 0 Å². The third kappa shape index (κ3) is 3.62. The van der Waals surface area contributed by atoms with Gasteiger partial charge in [0.15, 0.2) is 0 Å². The number of aryl methyl sites for hydroxylation is 1. The van der Waals surface area contributed by atoms with Crippen LogP contribution in [0, 0.1) is 12.8 Å². The predicted octanol–water partition coefficient (Wildman–Crippen LogP) is 2.97. The molecule has 2 aliphatic heterocycles. The molecule has 6 nitrogen and oxygen atoms in total. The molecule has 3 fully saturated rings. The lowest BCUT2D eigenvalue weighted by Crippen LogP contribution is -2.53. The summed E-state index contributed by atoms with van der Waals surface area (Å²) in [6, 6.07) is 8.34. The zero-order valence-corrected chi connectivity index (χ0v) is 17.1. The molecule has 4 rings (SSSR count). The molecule has 1 aromatic rings. The Morgan fingerprint density at radius 3 is 2.46 bits per heavy atom. The molecule has 0 radical (unpaired) electrons. The van der Waals surface area contributed by atoms with E-state index in [2.05, 4.69) is 46.3 Å². The molecule has 1 N–H and O–H groups in total. The van der Waals surface area contributed by atoms with Crippen LogP contribution < -0.4 is 10.2 Å². The van der Waals surface area contributed by atoms with Crippen molar-refractivity contribution in [2.24, 2.45) is 5.92 Å². The summed E-state index contributed by atoms with van der Waals surface area (Å²) in [4.78, 5) is 31.8. The molecule has 1 aromatic carbocycles. The van der Waals surface area contributed by atoms with E-state index in [1.165, 1.54) is 22.6 Å². The first-order valence-electron chi connectivity index (χ1n) is 10.7. The number of carbonyl (C=O) groups is 2. The van der Waals surface area contributed by atoms with Crippen molar-refractivity contribution in [1.29, 1.82) is 0 Å². The van der Waals surface area contributed by atoms with Gasteiger partial charge in [0.25, 0.3) is 5.91 Å². The van der Waals surface area contributed by atoms with Crippen molar-refractivity contribution in [1.82, 2.24) is 15.1 Å². The molecule has 0 spiro atoms. The first kappa shape index (κ1) is 19.2. The van der Waals surface area contributed by atoms with Crippen LogP contribution in [0.2, 0.25) is 0 Å². The molecule has 28 heavy (non-hydrogen) atoms. The summed E-state index contributed by atoms with van der Waals surface area (Å²) >= 11 is 0. The predicted molar refractivity (Wildman–Crippen MR) is 110 cm³/mol. The van der Waals surface area contributed by atoms with Gasteiger partial charge in [-0.1, -0.05) is 31.4 Å². The molecule has 0 bridgehead atoms. The maximum absolute atomic E-state index is 13.1. The number of piperazine rings is 1. The van der Waals surface area contributed by atoms with Crippen molar-refractivity contribution in [2.75, 3.05) is 37.7 Å². The van der Waals surface area contributed by atoms with Crippen molar-refractivity contribution >= 4 is 17.6 Å². The van der Waals surface area contributed by atoms with Crippen molar-refractivity contribution in [3.05, 3.63) is 29.8 Å². The van der Waals surface area contributed by atoms with Gasteiger partial charge in [0.1, 0.15) is 5.54 Å². The second-order valence-corrected chi connectivity index (χ2v) is 8.79. The summed E-state index contributed by atoms with van der Waals surface area (Å²) in [5.41, 5.74) is 1.79. The Hall–Kier alpha value is -2.08. The third-order valence-electron chi connectivity index (χ3n) is 6.80. The minimum Gasteiger partial charge on any atom is -0.369 e. The van der Waals surface area contributed by atoms with Crippen LogP contribution in [0.15, 0.2) is 24.3 Å². The second-order valence-electron chi connectivity index (χ2n) is 8.79. The number of urea groups is 1. The number of hydrogen-bond acceptors (Lipinski definition) is 4. The second kappa shape index (κ2) is 7.74. The van der Waals surface area contributed by atoms with E-state index in [4.69, 9.17) is 0 Å². The smallest absolute Gasteiger partial charge is 0.326 e. The topological polar surface area (TPSA) is 55.9 Å². The number of rotatable bonds is 4. The first-order chi connectivity index (χ1) is 13.5. The zero-order valence-electron chi connectivity index (χ0n) is 17.1. The largest absolute Gasteiger partial charge is 0.369 e. The summed E-state index contributed by atoms with van der Waals surface area (Å²) in [7, 11) is 0. The molecule has 6 heteroatoms. The average molecular weight is 385 g/mol. The number of carbonyl (C=O) groups excluding carboxylic acids is 2. The Labute approximate surface area is 167 Å². The summed E-state index contributed by atoms with van der Waals surface area (Å²) in [6.07, 6.45) is 5.62. The number of nitrogens with one attached hydrogen (secondary N) is 1. The third-order valence-corrected chi connectivity index (χ3v) is 6.80. The van der Waals surface area contributed by atoms with Gasteiger partial charge in [0.05, 0.1) is 6.67 Å². The quantitative estimate of drug-likeness (QED) is 0.811.